The van der Waals surface area contributed by atoms with Gasteiger partial charge in [-0.2, -0.15) is 9.97 Å². The number of fused-ring (bicyclic) bond motifs is 2. The van der Waals surface area contributed by atoms with Gasteiger partial charge in [-0.1, -0.05) is 0 Å². The summed E-state index contributed by atoms with van der Waals surface area (Å²) in [5.41, 5.74) is 10.4. The van der Waals surface area contributed by atoms with Crippen LogP contribution in [0.2, 0.25) is 0 Å². The van der Waals surface area contributed by atoms with Crippen LogP contribution < -0.4 is 22.6 Å². The lowest BCUT2D eigenvalue weighted by atomic mass is 10.2. The number of hydrogen-bond acceptors (Lipinski definition) is 15. The first-order chi connectivity index (χ1) is 19.5. The van der Waals surface area contributed by atoms with Crippen molar-refractivity contribution < 1.29 is 38.2 Å². The summed E-state index contributed by atoms with van der Waals surface area (Å²) in [5.74, 6) is -0.272. The van der Waals surface area contributed by atoms with Crippen LogP contribution in [0, 0.1) is 0 Å². The summed E-state index contributed by atoms with van der Waals surface area (Å²) in [6, 6.07) is 0. The fourth-order valence-electron chi connectivity index (χ4n) is 4.86. The van der Waals surface area contributed by atoms with E-state index in [0.29, 0.717) is 0 Å². The third-order valence-electron chi connectivity index (χ3n) is 6.76. The normalized spacial score (nSPS) is 28.1. The molecule has 6 rings (SSSR count). The lowest BCUT2D eigenvalue weighted by Gasteiger charge is -2.21. The van der Waals surface area contributed by atoms with E-state index in [-0.39, 0.29) is 47.1 Å². The molecule has 4 aromatic heterocycles. The Labute approximate surface area is 227 Å². The average molecular weight is 596 g/mol. The number of imidazole rings is 2. The number of H-pyrrole nitrogens is 2. The Morgan fingerprint density at radius 1 is 0.976 bits per heavy atom. The zero-order valence-corrected chi connectivity index (χ0v) is 21.8. The van der Waals surface area contributed by atoms with Crippen molar-refractivity contribution in [1.29, 1.82) is 0 Å². The van der Waals surface area contributed by atoms with E-state index in [1.165, 1.54) is 21.8 Å². The van der Waals surface area contributed by atoms with Gasteiger partial charge in [0.2, 0.25) is 11.9 Å². The molecule has 21 heteroatoms. The van der Waals surface area contributed by atoms with E-state index in [9.17, 15) is 29.3 Å². The van der Waals surface area contributed by atoms with E-state index in [4.69, 9.17) is 30.0 Å². The number of nitrogens with two attached hydrogens (primary N) is 2. The zero-order chi connectivity index (χ0) is 29.1. The fraction of sp³-hybridized carbons (Fsp3) is 0.500. The Kier molecular flexibility index (Phi) is 6.86. The van der Waals surface area contributed by atoms with E-state index >= 15 is 0 Å². The molecule has 0 bridgehead atoms. The minimum absolute atomic E-state index is 0.00652. The second kappa shape index (κ2) is 10.3. The lowest BCUT2D eigenvalue weighted by molar-refractivity contribution is -0.0554. The Balaban J connectivity index is 1.11. The fourth-order valence-corrected chi connectivity index (χ4v) is 5.82. The number of hydrogen-bond donors (Lipinski definition) is 7. The molecular formula is C20H25N10O10P. The highest BCUT2D eigenvalue weighted by molar-refractivity contribution is 7.47. The van der Waals surface area contributed by atoms with Crippen LogP contribution in [0.4, 0.5) is 11.9 Å². The Hall–Kier alpha value is -3.75. The number of nitrogen functional groups attached to an aromatic ring is 2. The first-order valence-corrected chi connectivity index (χ1v) is 13.7. The predicted octanol–water partition coefficient (Wildman–Crippen LogP) is -2.15. The molecule has 2 saturated heterocycles. The number of phosphoric acid groups is 1. The van der Waals surface area contributed by atoms with Crippen molar-refractivity contribution in [3.63, 3.8) is 0 Å². The predicted molar refractivity (Wildman–Crippen MR) is 136 cm³/mol. The van der Waals surface area contributed by atoms with Crippen LogP contribution in [0.3, 0.4) is 0 Å². The largest absolute Gasteiger partial charge is 0.472 e. The van der Waals surface area contributed by atoms with Crippen molar-refractivity contribution in [3.8, 4) is 0 Å². The Morgan fingerprint density at radius 2 is 1.51 bits per heavy atom. The topological polar surface area (TPSA) is 294 Å². The maximum atomic E-state index is 12.8. The second-order valence-electron chi connectivity index (χ2n) is 9.44. The molecule has 0 aromatic carbocycles. The molecule has 4 aromatic rings. The molecule has 7 atom stereocenters. The zero-order valence-electron chi connectivity index (χ0n) is 20.9. The first-order valence-electron chi connectivity index (χ1n) is 12.2. The molecule has 220 valence electrons. The number of phosphoric ester groups is 1. The minimum Gasteiger partial charge on any atom is -0.394 e. The number of aliphatic hydroxyl groups excluding tert-OH is 2. The number of nitrogens with zero attached hydrogens (tertiary/aromatic N) is 6. The highest BCUT2D eigenvalue weighted by atomic mass is 31.2. The third-order valence-corrected chi connectivity index (χ3v) is 7.77. The Bertz CT molecular complexity index is 1770. The van der Waals surface area contributed by atoms with Crippen LogP contribution >= 0.6 is 7.82 Å². The molecular weight excluding hydrogens is 571 g/mol. The van der Waals surface area contributed by atoms with E-state index < -0.39 is 69.0 Å². The molecule has 0 aliphatic carbocycles. The van der Waals surface area contributed by atoms with Crippen molar-refractivity contribution in [2.24, 2.45) is 0 Å². The molecule has 9 N–H and O–H groups in total. The number of nitrogens with one attached hydrogen (secondary N) is 2. The van der Waals surface area contributed by atoms with Gasteiger partial charge in [0.1, 0.15) is 30.8 Å². The molecule has 0 radical (unpaired) electrons. The molecule has 6 heterocycles. The van der Waals surface area contributed by atoms with Crippen LogP contribution in [0.1, 0.15) is 25.3 Å². The Morgan fingerprint density at radius 3 is 2.07 bits per heavy atom. The van der Waals surface area contributed by atoms with Gasteiger partial charge in [-0.3, -0.25) is 37.7 Å². The van der Waals surface area contributed by atoms with Crippen LogP contribution in [0.25, 0.3) is 22.3 Å². The molecule has 0 spiro atoms. The summed E-state index contributed by atoms with van der Waals surface area (Å²) < 4.78 is 37.6. The van der Waals surface area contributed by atoms with Crippen molar-refractivity contribution in [2.45, 2.75) is 49.7 Å². The summed E-state index contributed by atoms with van der Waals surface area (Å²) in [7, 11) is -4.76. The summed E-state index contributed by atoms with van der Waals surface area (Å²) >= 11 is 0. The lowest BCUT2D eigenvalue weighted by Crippen LogP contribution is -2.29. The minimum atomic E-state index is -4.76. The number of aromatic nitrogens is 8. The van der Waals surface area contributed by atoms with Gasteiger partial charge in [0.25, 0.3) is 11.1 Å². The smallest absolute Gasteiger partial charge is 0.394 e. The van der Waals surface area contributed by atoms with Gasteiger partial charge in [0, 0.05) is 12.8 Å². The second-order valence-corrected chi connectivity index (χ2v) is 10.8. The quantitative estimate of drug-likeness (QED) is 0.107. The maximum Gasteiger partial charge on any atom is 0.472 e. The number of anilines is 2. The van der Waals surface area contributed by atoms with Gasteiger partial charge >= 0.3 is 7.82 Å². The highest BCUT2D eigenvalue weighted by Gasteiger charge is 2.43. The SMILES string of the molecule is Nc1nc2c(ncn2C2CC(O)C(COP(=O)(O)OC3CC(n4cnc5c(=O)[nH]c(N)nc54)OC3CO)O2)c(=O)[nH]1. The molecule has 20 nitrogen and oxygen atoms in total. The van der Waals surface area contributed by atoms with E-state index in [1.54, 1.807) is 0 Å². The number of ether oxygens (including phenoxy) is 2. The average Bonchev–Trinajstić information content (AvgIpc) is 3.67. The monoisotopic (exact) mass is 596 g/mol. The number of aliphatic hydroxyl groups is 2. The van der Waals surface area contributed by atoms with Gasteiger partial charge in [-0.05, 0) is 0 Å². The van der Waals surface area contributed by atoms with Gasteiger partial charge in [-0.25, -0.2) is 14.5 Å². The molecule has 2 aliphatic rings. The first kappa shape index (κ1) is 27.4. The standard InChI is InChI=1S/C20H25N10O10P/c21-19-25-15-13(17(33)27-19)23-5-29(15)11-1-7(32)10(39-11)4-37-41(35,36)40-8-2-12(38-9(8)3-31)30-6-24-14-16(30)26-20(22)28-18(14)34/h5-12,31-32H,1-4H2,(H,35,36)(H3,21,25,27,33)(H3,22,26,28,34). The van der Waals surface area contributed by atoms with Gasteiger partial charge in [0.15, 0.2) is 22.3 Å². The molecule has 41 heavy (non-hydrogen) atoms. The third kappa shape index (κ3) is 5.11. The van der Waals surface area contributed by atoms with Crippen LogP contribution in [-0.2, 0) is 23.1 Å². The van der Waals surface area contributed by atoms with Gasteiger partial charge in [0.05, 0.1) is 32.0 Å². The van der Waals surface area contributed by atoms with E-state index in [2.05, 4.69) is 29.9 Å². The maximum absolute atomic E-state index is 12.8. The molecule has 2 aliphatic heterocycles. The van der Waals surface area contributed by atoms with Crippen molar-refractivity contribution in [3.05, 3.63) is 33.4 Å². The summed E-state index contributed by atoms with van der Waals surface area (Å²) in [6.45, 7) is -1.09. The highest BCUT2D eigenvalue weighted by Crippen LogP contribution is 2.49. The number of rotatable bonds is 8. The van der Waals surface area contributed by atoms with Crippen LogP contribution in [-0.4, -0.2) is 91.8 Å². The molecule has 0 saturated carbocycles. The molecule has 7 unspecified atom stereocenters. The van der Waals surface area contributed by atoms with Crippen molar-refractivity contribution in [2.75, 3.05) is 24.7 Å². The summed E-state index contributed by atoms with van der Waals surface area (Å²) in [6.07, 6.45) is -3.38. The van der Waals surface area contributed by atoms with E-state index in [0.717, 1.165) is 0 Å². The number of aromatic amines is 2. The van der Waals surface area contributed by atoms with Gasteiger partial charge < -0.3 is 36.0 Å². The molecule has 0 amide bonds. The van der Waals surface area contributed by atoms with Crippen molar-refractivity contribution >= 4 is 42.0 Å². The molecule has 2 fully saturated rings. The van der Waals surface area contributed by atoms with Crippen LogP contribution in [0.5, 0.6) is 0 Å². The summed E-state index contributed by atoms with van der Waals surface area (Å²) in [5, 5.41) is 20.3. The van der Waals surface area contributed by atoms with Crippen molar-refractivity contribution in [1.82, 2.24) is 39.0 Å². The summed E-state index contributed by atoms with van der Waals surface area (Å²) in [4.78, 5) is 55.3. The van der Waals surface area contributed by atoms with E-state index in [1.807, 2.05) is 0 Å². The van der Waals surface area contributed by atoms with Crippen LogP contribution in [0.15, 0.2) is 22.2 Å². The van der Waals surface area contributed by atoms with Gasteiger partial charge in [-0.15, -0.1) is 0 Å².